The molecule has 1 unspecified atom stereocenters. The highest BCUT2D eigenvalue weighted by molar-refractivity contribution is 6.00. The first-order valence-electron chi connectivity index (χ1n) is 10.4. The molecule has 0 bridgehead atoms. The number of carbonyl (C=O) groups excluding carboxylic acids is 3. The van der Waals surface area contributed by atoms with Crippen LogP contribution in [0.4, 0.5) is 4.79 Å². The lowest BCUT2D eigenvalue weighted by molar-refractivity contribution is -0.130. The Morgan fingerprint density at radius 2 is 1.68 bits per heavy atom. The van der Waals surface area contributed by atoms with E-state index in [1.54, 1.807) is 38.2 Å². The lowest BCUT2D eigenvalue weighted by Crippen LogP contribution is -2.45. The Morgan fingerprint density at radius 3 is 2.26 bits per heavy atom. The molecule has 3 aromatic rings. The molecule has 10 heteroatoms. The minimum atomic E-state index is -1.25. The Labute approximate surface area is 196 Å². The van der Waals surface area contributed by atoms with Gasteiger partial charge in [-0.25, -0.2) is 14.3 Å². The molecule has 1 atom stereocenters. The highest BCUT2D eigenvalue weighted by atomic mass is 16.5. The Hall–Kier alpha value is -4.34. The van der Waals surface area contributed by atoms with E-state index in [1.165, 1.54) is 18.9 Å². The van der Waals surface area contributed by atoms with Crippen LogP contribution >= 0.6 is 0 Å². The van der Waals surface area contributed by atoms with E-state index in [-0.39, 0.29) is 5.69 Å². The number of amides is 3. The van der Waals surface area contributed by atoms with E-state index in [0.29, 0.717) is 22.6 Å². The van der Waals surface area contributed by atoms with Gasteiger partial charge in [0.2, 0.25) is 0 Å². The third-order valence-electron chi connectivity index (χ3n) is 4.97. The number of nitrogens with one attached hydrogen (secondary N) is 1. The summed E-state index contributed by atoms with van der Waals surface area (Å²) in [6.07, 6.45) is 0.432. The minimum absolute atomic E-state index is 0.0198. The zero-order valence-electron chi connectivity index (χ0n) is 19.3. The van der Waals surface area contributed by atoms with Crippen LogP contribution in [-0.2, 0) is 9.53 Å². The number of primary amides is 1. The molecule has 0 aliphatic carbocycles. The first-order chi connectivity index (χ1) is 16.2. The smallest absolute Gasteiger partial charge is 0.360 e. The molecule has 0 radical (unpaired) electrons. The third kappa shape index (κ3) is 5.34. The number of esters is 1. The molecule has 0 aliphatic heterocycles. The number of nitrogens with zero attached hydrogens (tertiary/aromatic N) is 2. The largest absolute Gasteiger partial charge is 0.493 e. The number of hydrogen-bond donors (Lipinski definition) is 2. The van der Waals surface area contributed by atoms with Gasteiger partial charge in [0.15, 0.2) is 23.3 Å². The normalized spacial score (nSPS) is 11.6. The summed E-state index contributed by atoms with van der Waals surface area (Å²) in [7, 11) is 3.03. The van der Waals surface area contributed by atoms with E-state index < -0.39 is 29.9 Å². The van der Waals surface area contributed by atoms with Crippen molar-refractivity contribution < 1.29 is 28.6 Å². The summed E-state index contributed by atoms with van der Waals surface area (Å²) >= 11 is 0. The summed E-state index contributed by atoms with van der Waals surface area (Å²) in [5.41, 5.74) is 6.81. The van der Waals surface area contributed by atoms with Crippen LogP contribution in [0.2, 0.25) is 0 Å². The molecule has 0 aliphatic rings. The van der Waals surface area contributed by atoms with Gasteiger partial charge in [0.05, 0.1) is 19.9 Å². The second kappa shape index (κ2) is 10.5. The fraction of sp³-hybridized carbons (Fsp3) is 0.250. The molecule has 1 heterocycles. The highest BCUT2D eigenvalue weighted by Gasteiger charge is 2.30. The quantitative estimate of drug-likeness (QED) is 0.487. The number of methoxy groups -OCH3 is 2. The molecule has 1 aromatic heterocycles. The van der Waals surface area contributed by atoms with Gasteiger partial charge in [0.25, 0.3) is 5.91 Å². The van der Waals surface area contributed by atoms with Crippen molar-refractivity contribution in [3.8, 4) is 28.3 Å². The number of hydrogen-bond acceptors (Lipinski definition) is 7. The molecule has 0 saturated carbocycles. The molecular formula is C24H26N4O6. The van der Waals surface area contributed by atoms with Gasteiger partial charge in [-0.1, -0.05) is 38.1 Å². The second-order valence-corrected chi connectivity index (χ2v) is 7.66. The number of ether oxygens (including phenoxy) is 3. The Morgan fingerprint density at radius 1 is 1.00 bits per heavy atom. The fourth-order valence-corrected chi connectivity index (χ4v) is 3.31. The van der Waals surface area contributed by atoms with Gasteiger partial charge in [-0.3, -0.25) is 10.1 Å². The minimum Gasteiger partial charge on any atom is -0.493 e. The molecule has 178 valence electrons. The Kier molecular flexibility index (Phi) is 7.52. The van der Waals surface area contributed by atoms with Crippen LogP contribution in [0.25, 0.3) is 16.8 Å². The topological polar surface area (TPSA) is 135 Å². The van der Waals surface area contributed by atoms with Gasteiger partial charge in [-0.05, 0) is 35.7 Å². The lowest BCUT2D eigenvalue weighted by atomic mass is 10.0. The van der Waals surface area contributed by atoms with E-state index in [4.69, 9.17) is 19.9 Å². The van der Waals surface area contributed by atoms with Crippen LogP contribution in [-0.4, -0.2) is 48.0 Å². The van der Waals surface area contributed by atoms with Crippen molar-refractivity contribution in [1.82, 2.24) is 15.1 Å². The molecule has 3 N–H and O–H groups in total. The monoisotopic (exact) mass is 466 g/mol. The highest BCUT2D eigenvalue weighted by Crippen LogP contribution is 2.34. The van der Waals surface area contributed by atoms with Crippen molar-refractivity contribution in [2.75, 3.05) is 14.2 Å². The van der Waals surface area contributed by atoms with E-state index in [1.807, 2.05) is 35.6 Å². The second-order valence-electron chi connectivity index (χ2n) is 7.66. The summed E-state index contributed by atoms with van der Waals surface area (Å²) in [4.78, 5) is 36.7. The average Bonchev–Trinajstić information content (AvgIpc) is 3.27. The number of rotatable bonds is 8. The first kappa shape index (κ1) is 24.3. The van der Waals surface area contributed by atoms with Gasteiger partial charge >= 0.3 is 12.0 Å². The van der Waals surface area contributed by atoms with Crippen LogP contribution in [0.1, 0.15) is 24.3 Å². The van der Waals surface area contributed by atoms with Crippen molar-refractivity contribution in [3.05, 3.63) is 60.4 Å². The van der Waals surface area contributed by atoms with E-state index in [2.05, 4.69) is 5.10 Å². The van der Waals surface area contributed by atoms with Crippen LogP contribution in [0, 0.1) is 5.92 Å². The van der Waals surface area contributed by atoms with Gasteiger partial charge in [-0.2, -0.15) is 5.10 Å². The summed E-state index contributed by atoms with van der Waals surface area (Å²) in [6, 6.07) is 13.3. The number of benzene rings is 2. The summed E-state index contributed by atoms with van der Waals surface area (Å²) in [5, 5.41) is 6.39. The van der Waals surface area contributed by atoms with Crippen molar-refractivity contribution in [3.63, 3.8) is 0 Å². The number of urea groups is 1. The van der Waals surface area contributed by atoms with Crippen LogP contribution in [0.3, 0.4) is 0 Å². The Bertz CT molecular complexity index is 1190. The standard InChI is InChI=1S/C24H26N4O6/c1-14(2)21(22(29)26-24(25)31)34-23(30)20-17(13-28(27-20)16-8-6-5-7-9-16)15-10-11-18(32-3)19(12-15)33-4/h5-14,21H,1-4H3,(H3,25,26,29,31). The maximum atomic E-state index is 13.2. The van der Waals surface area contributed by atoms with Gasteiger partial charge < -0.3 is 19.9 Å². The molecule has 2 aromatic carbocycles. The maximum absolute atomic E-state index is 13.2. The van der Waals surface area contributed by atoms with Gasteiger partial charge in [0, 0.05) is 11.8 Å². The molecular weight excluding hydrogens is 440 g/mol. The SMILES string of the molecule is COc1ccc(-c2cn(-c3ccccc3)nc2C(=O)OC(C(=O)NC(N)=O)C(C)C)cc1OC. The van der Waals surface area contributed by atoms with E-state index in [0.717, 1.165) is 5.69 Å². The number of aromatic nitrogens is 2. The average molecular weight is 466 g/mol. The van der Waals surface area contributed by atoms with Crippen LogP contribution in [0.15, 0.2) is 54.7 Å². The van der Waals surface area contributed by atoms with Crippen molar-refractivity contribution >= 4 is 17.9 Å². The predicted molar refractivity (Wildman–Crippen MR) is 124 cm³/mol. The number of imide groups is 1. The van der Waals surface area contributed by atoms with Gasteiger partial charge in [-0.15, -0.1) is 0 Å². The Balaban J connectivity index is 2.06. The van der Waals surface area contributed by atoms with E-state index in [9.17, 15) is 14.4 Å². The molecule has 0 fully saturated rings. The number of carbonyl (C=O) groups is 3. The number of para-hydroxylation sites is 1. The molecule has 3 amide bonds. The lowest BCUT2D eigenvalue weighted by Gasteiger charge is -2.19. The van der Waals surface area contributed by atoms with Crippen LogP contribution in [0.5, 0.6) is 11.5 Å². The van der Waals surface area contributed by atoms with Crippen molar-refractivity contribution in [1.29, 1.82) is 0 Å². The van der Waals surface area contributed by atoms with Crippen molar-refractivity contribution in [2.45, 2.75) is 20.0 Å². The molecule has 0 saturated heterocycles. The zero-order chi connectivity index (χ0) is 24.8. The van der Waals surface area contributed by atoms with E-state index >= 15 is 0 Å². The molecule has 0 spiro atoms. The first-order valence-corrected chi connectivity index (χ1v) is 10.4. The maximum Gasteiger partial charge on any atom is 0.360 e. The van der Waals surface area contributed by atoms with Crippen molar-refractivity contribution in [2.24, 2.45) is 11.7 Å². The molecule has 10 nitrogen and oxygen atoms in total. The molecule has 3 rings (SSSR count). The zero-order valence-corrected chi connectivity index (χ0v) is 19.3. The summed E-state index contributed by atoms with van der Waals surface area (Å²) in [6.45, 7) is 3.35. The number of nitrogens with two attached hydrogens (primary N) is 1. The van der Waals surface area contributed by atoms with Gasteiger partial charge in [0.1, 0.15) is 0 Å². The predicted octanol–water partition coefficient (Wildman–Crippen LogP) is 2.93. The fourth-order valence-electron chi connectivity index (χ4n) is 3.31. The summed E-state index contributed by atoms with van der Waals surface area (Å²) < 4.78 is 17.7. The molecule has 34 heavy (non-hydrogen) atoms. The summed E-state index contributed by atoms with van der Waals surface area (Å²) in [5.74, 6) is -1.09. The third-order valence-corrected chi connectivity index (χ3v) is 4.97. The van der Waals surface area contributed by atoms with Crippen LogP contribution < -0.4 is 20.5 Å².